The van der Waals surface area contributed by atoms with Crippen LogP contribution in [0.1, 0.15) is 46.0 Å². The average molecular weight is 803 g/mol. The smallest absolute Gasteiger partial charge is 0.299 e. The molecule has 292 valence electrons. The van der Waals surface area contributed by atoms with E-state index in [9.17, 15) is 16.8 Å². The van der Waals surface area contributed by atoms with Crippen LogP contribution in [0, 0.1) is 22.7 Å². The van der Waals surface area contributed by atoms with Gasteiger partial charge in [-0.3, -0.25) is 0 Å². The van der Waals surface area contributed by atoms with Gasteiger partial charge >= 0.3 is 0 Å². The molecule has 54 heavy (non-hydrogen) atoms. The van der Waals surface area contributed by atoms with Gasteiger partial charge < -0.3 is 25.1 Å². The SMILES string of the molecule is C.CN(CCC#N)S(=O)(=O)Cl.CN(CCC#N)S(=O)(=O)N1CCN(c2ncnc3[nH]ccc23)CC12CC2.c1nc(N2CCNC3(CC3)C2)c2cc[nH]c2n1. The highest BCUT2D eigenvalue weighted by Crippen LogP contribution is 2.47. The van der Waals surface area contributed by atoms with Crippen molar-refractivity contribution in [3.05, 3.63) is 37.2 Å². The fourth-order valence-corrected chi connectivity index (χ4v) is 8.92. The lowest BCUT2D eigenvalue weighted by Gasteiger charge is -2.42. The topological polar surface area (TPSA) is 227 Å². The minimum Gasteiger partial charge on any atom is -0.353 e. The van der Waals surface area contributed by atoms with Gasteiger partial charge in [-0.15, -0.1) is 0 Å². The second-order valence-corrected chi connectivity index (χ2v) is 18.2. The lowest BCUT2D eigenvalue weighted by Crippen LogP contribution is -2.59. The van der Waals surface area contributed by atoms with E-state index in [1.54, 1.807) is 23.7 Å². The van der Waals surface area contributed by atoms with Crippen LogP contribution in [0.2, 0.25) is 0 Å². The largest absolute Gasteiger partial charge is 0.353 e. The summed E-state index contributed by atoms with van der Waals surface area (Å²) < 4.78 is 50.6. The van der Waals surface area contributed by atoms with Gasteiger partial charge in [0.1, 0.15) is 35.6 Å². The number of nitrogens with zero attached hydrogens (tertiary/aromatic N) is 11. The van der Waals surface area contributed by atoms with E-state index >= 15 is 0 Å². The van der Waals surface area contributed by atoms with Crippen LogP contribution in [0.25, 0.3) is 22.1 Å². The Morgan fingerprint density at radius 1 is 0.796 bits per heavy atom. The van der Waals surface area contributed by atoms with Gasteiger partial charge in [-0.2, -0.15) is 40.3 Å². The van der Waals surface area contributed by atoms with Crippen molar-refractivity contribution in [2.45, 2.75) is 57.0 Å². The fourth-order valence-electron chi connectivity index (χ4n) is 6.71. The number of piperazine rings is 2. The van der Waals surface area contributed by atoms with Crippen molar-refractivity contribution in [2.75, 3.05) is 76.3 Å². The normalized spacial score (nSPS) is 18.7. The third-order valence-electron chi connectivity index (χ3n) is 10.0. The molecule has 2 saturated carbocycles. The molecule has 0 atom stereocenters. The molecule has 0 amide bonds. The Hall–Kier alpha value is -4.15. The number of rotatable bonds is 9. The first-order chi connectivity index (χ1) is 25.3. The van der Waals surface area contributed by atoms with Gasteiger partial charge in [0.15, 0.2) is 0 Å². The zero-order valence-corrected chi connectivity index (χ0v) is 32.0. The molecule has 0 aromatic carbocycles. The molecule has 4 aromatic rings. The van der Waals surface area contributed by atoms with Crippen molar-refractivity contribution in [1.82, 2.24) is 48.1 Å². The number of H-pyrrole nitrogens is 2. The molecule has 2 aliphatic carbocycles. The summed E-state index contributed by atoms with van der Waals surface area (Å²) in [4.78, 5) is 28.1. The molecule has 6 heterocycles. The molecule has 4 fully saturated rings. The first-order valence-corrected chi connectivity index (χ1v) is 20.9. The van der Waals surface area contributed by atoms with E-state index in [0.717, 1.165) is 70.5 Å². The minimum absolute atomic E-state index is 0. The maximum Gasteiger partial charge on any atom is 0.299 e. The summed E-state index contributed by atoms with van der Waals surface area (Å²) in [5.41, 5.74) is 1.72. The monoisotopic (exact) mass is 802 g/mol. The van der Waals surface area contributed by atoms with E-state index < -0.39 is 19.4 Å². The van der Waals surface area contributed by atoms with E-state index in [2.05, 4.69) is 51.1 Å². The number of halogens is 1. The fraction of sp³-hybridized carbons (Fsp3) is 0.576. The maximum atomic E-state index is 13.0. The Balaban J connectivity index is 0.000000172. The van der Waals surface area contributed by atoms with E-state index in [0.29, 0.717) is 25.2 Å². The van der Waals surface area contributed by atoms with Gasteiger partial charge in [0, 0.05) is 108 Å². The molecule has 18 nitrogen and oxygen atoms in total. The highest BCUT2D eigenvalue weighted by molar-refractivity contribution is 8.11. The van der Waals surface area contributed by atoms with Crippen molar-refractivity contribution in [1.29, 1.82) is 10.5 Å². The summed E-state index contributed by atoms with van der Waals surface area (Å²) in [6.07, 6.45) is 11.6. The zero-order valence-electron chi connectivity index (χ0n) is 29.6. The number of aromatic amines is 2. The molecule has 21 heteroatoms. The maximum absolute atomic E-state index is 13.0. The second-order valence-electron chi connectivity index (χ2n) is 13.6. The number of hydrogen-bond acceptors (Lipinski definition) is 13. The Labute approximate surface area is 320 Å². The average Bonchev–Trinajstić information content (AvgIpc) is 3.92. The Bertz CT molecular complexity index is 2210. The summed E-state index contributed by atoms with van der Waals surface area (Å²) in [5, 5.41) is 22.5. The number of hydrogen-bond donors (Lipinski definition) is 3. The lowest BCUT2D eigenvalue weighted by atomic mass is 10.2. The summed E-state index contributed by atoms with van der Waals surface area (Å²) in [6.45, 7) is 5.11. The number of nitrogens with one attached hydrogen (secondary N) is 3. The van der Waals surface area contributed by atoms with Crippen LogP contribution in [-0.2, 0) is 19.4 Å². The standard InChI is InChI=1S/C16H21N7O2S.C12H15N5.C4H7ClN2O2S.CH4/c1-21(8-2-6-17)26(24,25)23-10-9-22(11-16(23)4-5-16)15-13-3-7-18-14(13)19-12-20-15;1-4-13-10-9(1)11(15-8-14-10)17-6-5-16-12(7-17)2-3-12;1-7(4-2-3-6)10(5,8)9;/h3,7,12H,2,4-5,8-11H2,1H3,(H,18,19,20);1,4,8,16H,2-3,5-7H2,(H,13,14,15);2,4H2,1H3;1H4. The van der Waals surface area contributed by atoms with Crippen LogP contribution in [-0.4, -0.2) is 137 Å². The van der Waals surface area contributed by atoms with Gasteiger partial charge in [0.05, 0.1) is 28.4 Å². The molecular weight excluding hydrogens is 756 g/mol. The van der Waals surface area contributed by atoms with E-state index in [1.807, 2.05) is 24.5 Å². The van der Waals surface area contributed by atoms with Gasteiger partial charge in [-0.1, -0.05) is 7.43 Å². The summed E-state index contributed by atoms with van der Waals surface area (Å²) in [6, 6.07) is 7.82. The Morgan fingerprint density at radius 2 is 1.33 bits per heavy atom. The van der Waals surface area contributed by atoms with E-state index in [4.69, 9.17) is 21.2 Å². The first kappa shape index (κ1) is 41.0. The number of anilines is 2. The number of nitriles is 2. The number of fused-ring (bicyclic) bond motifs is 2. The van der Waals surface area contributed by atoms with Crippen LogP contribution in [0.4, 0.5) is 11.6 Å². The summed E-state index contributed by atoms with van der Waals surface area (Å²) in [7, 11) is 0.584. The highest BCUT2D eigenvalue weighted by atomic mass is 35.7. The molecule has 2 spiro atoms. The molecule has 4 aromatic heterocycles. The van der Waals surface area contributed by atoms with Crippen LogP contribution in [0.3, 0.4) is 0 Å². The third-order valence-corrected chi connectivity index (χ3v) is 13.8. The van der Waals surface area contributed by atoms with Crippen LogP contribution >= 0.6 is 10.7 Å². The molecular formula is C33H47ClN14O4S2. The molecule has 0 radical (unpaired) electrons. The van der Waals surface area contributed by atoms with Crippen molar-refractivity contribution in [3.63, 3.8) is 0 Å². The Kier molecular flexibility index (Phi) is 12.7. The van der Waals surface area contributed by atoms with Gasteiger partial charge in [0.2, 0.25) is 0 Å². The van der Waals surface area contributed by atoms with Crippen molar-refractivity contribution in [2.24, 2.45) is 0 Å². The Morgan fingerprint density at radius 3 is 1.83 bits per heavy atom. The van der Waals surface area contributed by atoms with Gasteiger partial charge in [0.25, 0.3) is 19.4 Å². The van der Waals surface area contributed by atoms with Crippen molar-refractivity contribution >= 4 is 63.8 Å². The first-order valence-electron chi connectivity index (χ1n) is 17.3. The summed E-state index contributed by atoms with van der Waals surface area (Å²) >= 11 is 0. The number of aromatic nitrogens is 6. The quantitative estimate of drug-likeness (QED) is 0.207. The van der Waals surface area contributed by atoms with Gasteiger partial charge in [-0.05, 0) is 37.8 Å². The predicted molar refractivity (Wildman–Crippen MR) is 207 cm³/mol. The molecule has 0 unspecified atom stereocenters. The van der Waals surface area contributed by atoms with Crippen LogP contribution < -0.4 is 15.1 Å². The molecule has 8 rings (SSSR count). The molecule has 2 aliphatic heterocycles. The summed E-state index contributed by atoms with van der Waals surface area (Å²) in [5.74, 6) is 1.92. The van der Waals surface area contributed by atoms with Crippen LogP contribution in [0.15, 0.2) is 37.2 Å². The van der Waals surface area contributed by atoms with Gasteiger partial charge in [-0.25, -0.2) is 19.9 Å². The third kappa shape index (κ3) is 9.03. The molecule has 4 aliphatic rings. The zero-order chi connectivity index (χ0) is 37.9. The second kappa shape index (κ2) is 16.7. The van der Waals surface area contributed by atoms with Crippen molar-refractivity contribution in [3.8, 4) is 12.1 Å². The minimum atomic E-state index is -3.62. The molecule has 3 N–H and O–H groups in total. The van der Waals surface area contributed by atoms with E-state index in [1.165, 1.54) is 30.5 Å². The van der Waals surface area contributed by atoms with Crippen LogP contribution in [0.5, 0.6) is 0 Å². The molecule has 0 bridgehead atoms. The predicted octanol–water partition coefficient (Wildman–Crippen LogP) is 2.55. The van der Waals surface area contributed by atoms with E-state index in [-0.39, 0.29) is 38.9 Å². The molecule has 2 saturated heterocycles. The van der Waals surface area contributed by atoms with Crippen molar-refractivity contribution < 1.29 is 16.8 Å². The lowest BCUT2D eigenvalue weighted by molar-refractivity contribution is 0.251. The highest BCUT2D eigenvalue weighted by Gasteiger charge is 2.56.